The lowest BCUT2D eigenvalue weighted by atomic mass is 9.83. The summed E-state index contributed by atoms with van der Waals surface area (Å²) in [6.45, 7) is 0. The van der Waals surface area contributed by atoms with E-state index in [0.717, 1.165) is 12.8 Å². The minimum absolute atomic E-state index is 0.0924. The highest BCUT2D eigenvalue weighted by Gasteiger charge is 2.30. The van der Waals surface area contributed by atoms with Crippen molar-refractivity contribution in [2.24, 2.45) is 5.73 Å². The zero-order valence-corrected chi connectivity index (χ0v) is 6.01. The van der Waals surface area contributed by atoms with E-state index in [1.165, 1.54) is 0 Å². The van der Waals surface area contributed by atoms with Gasteiger partial charge in [-0.1, -0.05) is 5.92 Å². The lowest BCUT2D eigenvalue weighted by Crippen LogP contribution is -2.39. The van der Waals surface area contributed by atoms with Crippen molar-refractivity contribution in [3.05, 3.63) is 0 Å². The maximum Gasteiger partial charge on any atom is 0.126 e. The highest BCUT2D eigenvalue weighted by atomic mass is 16.3. The van der Waals surface area contributed by atoms with Crippen LogP contribution in [0.1, 0.15) is 25.7 Å². The molecule has 1 fully saturated rings. The molecule has 1 saturated carbocycles. The Balaban J connectivity index is 2.56. The van der Waals surface area contributed by atoms with Crippen LogP contribution < -0.4 is 5.73 Å². The van der Waals surface area contributed by atoms with Crippen LogP contribution in [-0.4, -0.2) is 16.7 Å². The molecule has 0 heterocycles. The molecule has 0 saturated heterocycles. The van der Waals surface area contributed by atoms with Gasteiger partial charge in [-0.15, -0.1) is 6.42 Å². The van der Waals surface area contributed by atoms with E-state index in [4.69, 9.17) is 12.2 Å². The molecule has 0 spiro atoms. The summed E-state index contributed by atoms with van der Waals surface area (Å²) in [5.74, 6) is 2.39. The van der Waals surface area contributed by atoms with Crippen LogP contribution in [0.4, 0.5) is 0 Å². The number of hydrogen-bond acceptors (Lipinski definition) is 2. The molecular weight excluding hydrogens is 126 g/mol. The first-order chi connectivity index (χ1) is 4.66. The van der Waals surface area contributed by atoms with E-state index in [1.807, 2.05) is 0 Å². The molecule has 3 N–H and O–H groups in total. The zero-order chi connectivity index (χ0) is 7.61. The van der Waals surface area contributed by atoms with Gasteiger partial charge in [0.15, 0.2) is 0 Å². The van der Waals surface area contributed by atoms with Crippen molar-refractivity contribution >= 4 is 0 Å². The lowest BCUT2D eigenvalue weighted by Gasteiger charge is -2.30. The number of hydrogen-bond donors (Lipinski definition) is 2. The standard InChI is InChI=1S/C8H13NO/c1-2-8(10)5-3-4-7(9)6-8/h1,7,10H,3-6,9H2/t7-,8+/m0/s1. The fraction of sp³-hybridized carbons (Fsp3) is 0.750. The molecule has 0 aliphatic heterocycles. The molecular formula is C8H13NO. The van der Waals surface area contributed by atoms with Crippen LogP contribution in [0.2, 0.25) is 0 Å². The molecule has 56 valence electrons. The summed E-state index contributed by atoms with van der Waals surface area (Å²) >= 11 is 0. The third kappa shape index (κ3) is 1.50. The predicted octanol–water partition coefficient (Wildman–Crippen LogP) is 0.252. The van der Waals surface area contributed by atoms with E-state index in [1.54, 1.807) is 0 Å². The first-order valence-electron chi connectivity index (χ1n) is 3.62. The molecule has 0 amide bonds. The Morgan fingerprint density at radius 3 is 2.80 bits per heavy atom. The first kappa shape index (κ1) is 7.59. The summed E-state index contributed by atoms with van der Waals surface area (Å²) in [6, 6.07) is 0.0924. The average molecular weight is 139 g/mol. The SMILES string of the molecule is C#C[C@@]1(O)CCC[C@H](N)C1. The van der Waals surface area contributed by atoms with Gasteiger partial charge in [-0.3, -0.25) is 0 Å². The third-order valence-electron chi connectivity index (χ3n) is 2.03. The summed E-state index contributed by atoms with van der Waals surface area (Å²) in [5, 5.41) is 9.53. The number of rotatable bonds is 0. The Morgan fingerprint density at radius 1 is 1.70 bits per heavy atom. The van der Waals surface area contributed by atoms with Gasteiger partial charge in [0.25, 0.3) is 0 Å². The predicted molar refractivity (Wildman–Crippen MR) is 40.2 cm³/mol. The second-order valence-corrected chi connectivity index (χ2v) is 3.03. The van der Waals surface area contributed by atoms with E-state index in [-0.39, 0.29) is 6.04 Å². The van der Waals surface area contributed by atoms with E-state index in [9.17, 15) is 5.11 Å². The summed E-state index contributed by atoms with van der Waals surface area (Å²) in [4.78, 5) is 0. The van der Waals surface area contributed by atoms with Gasteiger partial charge < -0.3 is 10.8 Å². The van der Waals surface area contributed by atoms with E-state index < -0.39 is 5.60 Å². The fourth-order valence-corrected chi connectivity index (χ4v) is 1.43. The average Bonchev–Trinajstić information content (AvgIpc) is 1.88. The van der Waals surface area contributed by atoms with Crippen molar-refractivity contribution in [1.82, 2.24) is 0 Å². The highest BCUT2D eigenvalue weighted by Crippen LogP contribution is 2.26. The smallest absolute Gasteiger partial charge is 0.126 e. The van der Waals surface area contributed by atoms with Gasteiger partial charge in [0.2, 0.25) is 0 Å². The highest BCUT2D eigenvalue weighted by molar-refractivity contribution is 5.10. The minimum Gasteiger partial charge on any atom is -0.378 e. The van der Waals surface area contributed by atoms with Gasteiger partial charge in [0, 0.05) is 12.5 Å². The molecule has 0 unspecified atom stereocenters. The lowest BCUT2D eigenvalue weighted by molar-refractivity contribution is 0.0534. The van der Waals surface area contributed by atoms with Crippen molar-refractivity contribution in [1.29, 1.82) is 0 Å². The van der Waals surface area contributed by atoms with Crippen LogP contribution in [0.15, 0.2) is 0 Å². The summed E-state index contributed by atoms with van der Waals surface area (Å²) < 4.78 is 0. The van der Waals surface area contributed by atoms with Crippen LogP contribution in [0.3, 0.4) is 0 Å². The first-order valence-corrected chi connectivity index (χ1v) is 3.62. The molecule has 2 heteroatoms. The number of nitrogens with two attached hydrogens (primary N) is 1. The summed E-state index contributed by atoms with van der Waals surface area (Å²) in [5.41, 5.74) is 4.73. The topological polar surface area (TPSA) is 46.2 Å². The molecule has 0 radical (unpaired) electrons. The van der Waals surface area contributed by atoms with Crippen molar-refractivity contribution in [3.63, 3.8) is 0 Å². The van der Waals surface area contributed by atoms with Gasteiger partial charge >= 0.3 is 0 Å². The van der Waals surface area contributed by atoms with Crippen molar-refractivity contribution in [2.75, 3.05) is 0 Å². The van der Waals surface area contributed by atoms with Crippen molar-refractivity contribution < 1.29 is 5.11 Å². The van der Waals surface area contributed by atoms with Gasteiger partial charge in [0.05, 0.1) is 0 Å². The van der Waals surface area contributed by atoms with Gasteiger partial charge in [-0.25, -0.2) is 0 Å². The molecule has 10 heavy (non-hydrogen) atoms. The van der Waals surface area contributed by atoms with Gasteiger partial charge in [-0.05, 0) is 19.3 Å². The van der Waals surface area contributed by atoms with Gasteiger partial charge in [0.1, 0.15) is 5.60 Å². The van der Waals surface area contributed by atoms with Crippen LogP contribution in [0.5, 0.6) is 0 Å². The number of aliphatic hydroxyl groups is 1. The van der Waals surface area contributed by atoms with Gasteiger partial charge in [-0.2, -0.15) is 0 Å². The molecule has 1 rings (SSSR count). The monoisotopic (exact) mass is 139 g/mol. The Morgan fingerprint density at radius 2 is 2.40 bits per heavy atom. The molecule has 0 aromatic rings. The van der Waals surface area contributed by atoms with Crippen LogP contribution in [-0.2, 0) is 0 Å². The molecule has 1 aliphatic rings. The molecule has 0 aromatic heterocycles. The van der Waals surface area contributed by atoms with E-state index in [0.29, 0.717) is 12.8 Å². The second kappa shape index (κ2) is 2.61. The Labute approximate surface area is 61.4 Å². The largest absolute Gasteiger partial charge is 0.378 e. The quantitative estimate of drug-likeness (QED) is 0.473. The third-order valence-corrected chi connectivity index (χ3v) is 2.03. The van der Waals surface area contributed by atoms with E-state index in [2.05, 4.69) is 5.92 Å². The Kier molecular flexibility index (Phi) is 1.98. The van der Waals surface area contributed by atoms with Crippen molar-refractivity contribution in [3.8, 4) is 12.3 Å². The van der Waals surface area contributed by atoms with E-state index >= 15 is 0 Å². The van der Waals surface area contributed by atoms with Crippen molar-refractivity contribution in [2.45, 2.75) is 37.3 Å². The fourth-order valence-electron chi connectivity index (χ4n) is 1.43. The minimum atomic E-state index is -0.905. The van der Waals surface area contributed by atoms with Crippen LogP contribution >= 0.6 is 0 Å². The maximum absolute atomic E-state index is 9.53. The Bertz CT molecular complexity index is 161. The molecule has 2 nitrogen and oxygen atoms in total. The molecule has 1 aliphatic carbocycles. The molecule has 0 bridgehead atoms. The summed E-state index contributed by atoms with van der Waals surface area (Å²) in [6.07, 6.45) is 8.35. The molecule has 2 atom stereocenters. The maximum atomic E-state index is 9.53. The van der Waals surface area contributed by atoms with Crippen LogP contribution in [0.25, 0.3) is 0 Å². The Hall–Kier alpha value is -0.520. The molecule has 0 aromatic carbocycles. The van der Waals surface area contributed by atoms with Crippen LogP contribution in [0, 0.1) is 12.3 Å². The summed E-state index contributed by atoms with van der Waals surface area (Å²) in [7, 11) is 0. The number of terminal acetylenes is 1. The zero-order valence-electron chi connectivity index (χ0n) is 6.01. The second-order valence-electron chi connectivity index (χ2n) is 3.03. The normalized spacial score (nSPS) is 40.7.